The lowest BCUT2D eigenvalue weighted by Crippen LogP contribution is -2.52. The van der Waals surface area contributed by atoms with Gasteiger partial charge in [-0.25, -0.2) is 4.98 Å². The van der Waals surface area contributed by atoms with Crippen LogP contribution in [0.3, 0.4) is 0 Å². The van der Waals surface area contributed by atoms with Gasteiger partial charge in [-0.15, -0.1) is 0 Å². The van der Waals surface area contributed by atoms with Crippen LogP contribution in [0.5, 0.6) is 0 Å². The molecule has 0 saturated carbocycles. The molecule has 3 rings (SSSR count). The molecule has 0 aliphatic carbocycles. The highest BCUT2D eigenvalue weighted by Gasteiger charge is 2.21. The number of anilines is 1. The van der Waals surface area contributed by atoms with Crippen molar-refractivity contribution < 1.29 is 4.74 Å². The molecular formula is C14H18ClN3OS. The molecule has 2 aromatic rings. The maximum absolute atomic E-state index is 6.03. The van der Waals surface area contributed by atoms with Gasteiger partial charge in [-0.05, 0) is 25.1 Å². The number of benzene rings is 1. The zero-order valence-electron chi connectivity index (χ0n) is 11.4. The standard InChI is InChI=1S/C14H18ClN3OS/c1-2-19-9-11-8-18(6-5-16-11)14-17-12-4-3-10(15)7-13(12)20-14/h3-4,7,11,16H,2,5-6,8-9H2,1H3/t11-/m1/s1. The van der Waals surface area contributed by atoms with Crippen molar-refractivity contribution >= 4 is 38.3 Å². The van der Waals surface area contributed by atoms with Crippen LogP contribution in [-0.2, 0) is 4.74 Å². The molecule has 1 fully saturated rings. The molecule has 1 saturated heterocycles. The SMILES string of the molecule is CCOC[C@H]1CN(c2nc3ccc(Cl)cc3s2)CCN1. The predicted molar refractivity (Wildman–Crippen MR) is 85.1 cm³/mol. The predicted octanol–water partition coefficient (Wildman–Crippen LogP) is 2.76. The fourth-order valence-electron chi connectivity index (χ4n) is 2.39. The van der Waals surface area contributed by atoms with Gasteiger partial charge in [0.2, 0.25) is 0 Å². The lowest BCUT2D eigenvalue weighted by Gasteiger charge is -2.33. The second kappa shape index (κ2) is 6.26. The molecule has 1 aliphatic rings. The second-order valence-corrected chi connectivity index (χ2v) is 6.31. The number of nitrogens with one attached hydrogen (secondary N) is 1. The van der Waals surface area contributed by atoms with Crippen molar-refractivity contribution in [3.05, 3.63) is 23.2 Å². The number of nitrogens with zero attached hydrogens (tertiary/aromatic N) is 2. The quantitative estimate of drug-likeness (QED) is 0.942. The van der Waals surface area contributed by atoms with Gasteiger partial charge in [0.25, 0.3) is 0 Å². The van der Waals surface area contributed by atoms with E-state index in [4.69, 9.17) is 21.3 Å². The van der Waals surface area contributed by atoms with Gasteiger partial charge in [-0.3, -0.25) is 0 Å². The third-order valence-electron chi connectivity index (χ3n) is 3.39. The van der Waals surface area contributed by atoms with Crippen molar-refractivity contribution in [2.24, 2.45) is 0 Å². The number of fused-ring (bicyclic) bond motifs is 1. The lowest BCUT2D eigenvalue weighted by atomic mass is 10.2. The summed E-state index contributed by atoms with van der Waals surface area (Å²) in [5.74, 6) is 0. The number of hydrogen-bond acceptors (Lipinski definition) is 5. The third-order valence-corrected chi connectivity index (χ3v) is 4.70. The summed E-state index contributed by atoms with van der Waals surface area (Å²) in [6, 6.07) is 6.23. The first-order chi connectivity index (χ1) is 9.76. The van der Waals surface area contributed by atoms with Crippen LogP contribution in [0, 0.1) is 0 Å². The van der Waals surface area contributed by atoms with Crippen molar-refractivity contribution in [2.45, 2.75) is 13.0 Å². The fraction of sp³-hybridized carbons (Fsp3) is 0.500. The Morgan fingerprint density at radius 3 is 3.30 bits per heavy atom. The first-order valence-corrected chi connectivity index (χ1v) is 8.08. The molecule has 1 N–H and O–H groups in total. The minimum Gasteiger partial charge on any atom is -0.380 e. The molecule has 0 radical (unpaired) electrons. The van der Waals surface area contributed by atoms with E-state index in [2.05, 4.69) is 10.2 Å². The third kappa shape index (κ3) is 3.06. The highest BCUT2D eigenvalue weighted by atomic mass is 35.5. The molecular weight excluding hydrogens is 294 g/mol. The molecule has 4 nitrogen and oxygen atoms in total. The van der Waals surface area contributed by atoms with E-state index in [-0.39, 0.29) is 0 Å². The zero-order chi connectivity index (χ0) is 13.9. The normalized spacial score (nSPS) is 19.7. The van der Waals surface area contributed by atoms with E-state index in [1.54, 1.807) is 11.3 Å². The second-order valence-electron chi connectivity index (χ2n) is 4.87. The lowest BCUT2D eigenvalue weighted by molar-refractivity contribution is 0.121. The van der Waals surface area contributed by atoms with Crippen molar-refractivity contribution in [2.75, 3.05) is 37.7 Å². The molecule has 2 heterocycles. The Morgan fingerprint density at radius 1 is 1.55 bits per heavy atom. The summed E-state index contributed by atoms with van der Waals surface area (Å²) < 4.78 is 6.65. The van der Waals surface area contributed by atoms with E-state index in [1.165, 1.54) is 0 Å². The van der Waals surface area contributed by atoms with E-state index in [1.807, 2.05) is 25.1 Å². The summed E-state index contributed by atoms with van der Waals surface area (Å²) in [6.45, 7) is 6.43. The topological polar surface area (TPSA) is 37.4 Å². The monoisotopic (exact) mass is 311 g/mol. The molecule has 6 heteroatoms. The van der Waals surface area contributed by atoms with E-state index in [9.17, 15) is 0 Å². The van der Waals surface area contributed by atoms with Gasteiger partial charge in [0.05, 0.1) is 16.8 Å². The number of thiazole rings is 1. The van der Waals surface area contributed by atoms with Crippen LogP contribution >= 0.6 is 22.9 Å². The molecule has 0 bridgehead atoms. The molecule has 0 amide bonds. The summed E-state index contributed by atoms with van der Waals surface area (Å²) in [7, 11) is 0. The molecule has 0 spiro atoms. The van der Waals surface area contributed by atoms with Crippen molar-refractivity contribution in [3.8, 4) is 0 Å². The first kappa shape index (κ1) is 14.1. The van der Waals surface area contributed by atoms with Crippen LogP contribution in [0.25, 0.3) is 10.2 Å². The number of ether oxygens (including phenoxy) is 1. The summed E-state index contributed by atoms with van der Waals surface area (Å²) in [4.78, 5) is 7.04. The van der Waals surface area contributed by atoms with E-state index in [0.717, 1.165) is 53.2 Å². The van der Waals surface area contributed by atoms with Crippen LogP contribution in [0.4, 0.5) is 5.13 Å². The van der Waals surface area contributed by atoms with Gasteiger partial charge in [0.1, 0.15) is 0 Å². The first-order valence-electron chi connectivity index (χ1n) is 6.88. The van der Waals surface area contributed by atoms with E-state index >= 15 is 0 Å². The van der Waals surface area contributed by atoms with Gasteiger partial charge in [-0.1, -0.05) is 22.9 Å². The number of halogens is 1. The van der Waals surface area contributed by atoms with Gasteiger partial charge in [0, 0.05) is 37.3 Å². The van der Waals surface area contributed by atoms with Crippen LogP contribution in [0.1, 0.15) is 6.92 Å². The Labute approximate surface area is 127 Å². The number of rotatable bonds is 4. The van der Waals surface area contributed by atoms with E-state index in [0.29, 0.717) is 6.04 Å². The largest absolute Gasteiger partial charge is 0.380 e. The Bertz CT molecular complexity index is 589. The smallest absolute Gasteiger partial charge is 0.186 e. The zero-order valence-corrected chi connectivity index (χ0v) is 13.0. The highest BCUT2D eigenvalue weighted by Crippen LogP contribution is 2.31. The Morgan fingerprint density at radius 2 is 2.45 bits per heavy atom. The molecule has 1 aliphatic heterocycles. The number of piperazine rings is 1. The number of hydrogen-bond donors (Lipinski definition) is 1. The molecule has 108 valence electrons. The van der Waals surface area contributed by atoms with Crippen LogP contribution in [-0.4, -0.2) is 43.9 Å². The average molecular weight is 312 g/mol. The summed E-state index contributed by atoms with van der Waals surface area (Å²) in [5.41, 5.74) is 1.02. The highest BCUT2D eigenvalue weighted by molar-refractivity contribution is 7.22. The van der Waals surface area contributed by atoms with Gasteiger partial charge in [-0.2, -0.15) is 0 Å². The maximum atomic E-state index is 6.03. The number of aromatic nitrogens is 1. The average Bonchev–Trinajstić information content (AvgIpc) is 2.88. The van der Waals surface area contributed by atoms with Crippen LogP contribution in [0.15, 0.2) is 18.2 Å². The summed E-state index contributed by atoms with van der Waals surface area (Å²) >= 11 is 7.74. The minimum atomic E-state index is 0.374. The Balaban J connectivity index is 1.76. The van der Waals surface area contributed by atoms with Gasteiger partial charge >= 0.3 is 0 Å². The Hall–Kier alpha value is -0.880. The fourth-order valence-corrected chi connectivity index (χ4v) is 3.67. The summed E-state index contributed by atoms with van der Waals surface area (Å²) in [6.07, 6.45) is 0. The van der Waals surface area contributed by atoms with Crippen molar-refractivity contribution in [3.63, 3.8) is 0 Å². The molecule has 0 unspecified atom stereocenters. The molecule has 20 heavy (non-hydrogen) atoms. The maximum Gasteiger partial charge on any atom is 0.186 e. The van der Waals surface area contributed by atoms with Crippen molar-refractivity contribution in [1.29, 1.82) is 0 Å². The van der Waals surface area contributed by atoms with Crippen LogP contribution in [0.2, 0.25) is 5.02 Å². The molecule has 1 aromatic heterocycles. The molecule has 1 aromatic carbocycles. The van der Waals surface area contributed by atoms with Gasteiger partial charge < -0.3 is 15.0 Å². The van der Waals surface area contributed by atoms with Gasteiger partial charge in [0.15, 0.2) is 5.13 Å². The summed E-state index contributed by atoms with van der Waals surface area (Å²) in [5, 5.41) is 5.33. The Kier molecular flexibility index (Phi) is 4.41. The minimum absolute atomic E-state index is 0.374. The van der Waals surface area contributed by atoms with E-state index < -0.39 is 0 Å². The van der Waals surface area contributed by atoms with Crippen molar-refractivity contribution in [1.82, 2.24) is 10.3 Å². The van der Waals surface area contributed by atoms with Crippen LogP contribution < -0.4 is 10.2 Å². The molecule has 1 atom stereocenters.